The van der Waals surface area contributed by atoms with E-state index in [2.05, 4.69) is 31.6 Å². The molecule has 2 aromatic carbocycles. The Morgan fingerprint density at radius 2 is 1.65 bits per heavy atom. The molecule has 0 bridgehead atoms. The standard InChI is InChI=1S/C19H16BrFN2/c1-13-11-15(12-22-18-7-3-16(20)4-8-18)14(2)23(13)19-9-5-17(21)6-10-19/h3-12H,1-2H3. The molecule has 0 spiro atoms. The van der Waals surface area contributed by atoms with Gasteiger partial charge in [0.2, 0.25) is 0 Å². The fraction of sp³-hybridized carbons (Fsp3) is 0.105. The summed E-state index contributed by atoms with van der Waals surface area (Å²) in [6.07, 6.45) is 1.87. The summed E-state index contributed by atoms with van der Waals surface area (Å²) in [5, 5.41) is 0. The van der Waals surface area contributed by atoms with Crippen molar-refractivity contribution in [1.29, 1.82) is 0 Å². The van der Waals surface area contributed by atoms with Crippen LogP contribution in [-0.2, 0) is 0 Å². The number of benzene rings is 2. The SMILES string of the molecule is Cc1cc(C=Nc2ccc(Br)cc2)c(C)n1-c1ccc(F)cc1. The molecular formula is C19H16BrFN2. The number of halogens is 2. The minimum absolute atomic E-state index is 0.228. The third-order valence-corrected chi connectivity index (χ3v) is 4.26. The minimum Gasteiger partial charge on any atom is -0.318 e. The van der Waals surface area contributed by atoms with Gasteiger partial charge in [0.05, 0.1) is 5.69 Å². The molecular weight excluding hydrogens is 355 g/mol. The molecule has 0 N–H and O–H groups in total. The van der Waals surface area contributed by atoms with E-state index in [1.807, 2.05) is 44.3 Å². The second-order valence-electron chi connectivity index (χ2n) is 5.37. The van der Waals surface area contributed by atoms with E-state index in [9.17, 15) is 4.39 Å². The molecule has 4 heteroatoms. The molecule has 0 fully saturated rings. The van der Waals surface area contributed by atoms with Crippen molar-refractivity contribution >= 4 is 27.8 Å². The summed E-state index contributed by atoms with van der Waals surface area (Å²) >= 11 is 3.41. The van der Waals surface area contributed by atoms with Crippen molar-refractivity contribution < 1.29 is 4.39 Å². The van der Waals surface area contributed by atoms with Gasteiger partial charge in [0, 0.05) is 33.3 Å². The van der Waals surface area contributed by atoms with Crippen LogP contribution in [-0.4, -0.2) is 10.8 Å². The molecule has 23 heavy (non-hydrogen) atoms. The minimum atomic E-state index is -0.228. The maximum absolute atomic E-state index is 13.1. The van der Waals surface area contributed by atoms with E-state index in [0.717, 1.165) is 32.8 Å². The number of aromatic nitrogens is 1. The van der Waals surface area contributed by atoms with Crippen LogP contribution in [0.3, 0.4) is 0 Å². The van der Waals surface area contributed by atoms with Gasteiger partial charge in [0.1, 0.15) is 5.82 Å². The van der Waals surface area contributed by atoms with Crippen LogP contribution >= 0.6 is 15.9 Å². The summed E-state index contributed by atoms with van der Waals surface area (Å²) < 4.78 is 16.2. The summed E-state index contributed by atoms with van der Waals surface area (Å²) in [5.74, 6) is -0.228. The first-order valence-electron chi connectivity index (χ1n) is 7.29. The molecule has 0 radical (unpaired) electrons. The van der Waals surface area contributed by atoms with Gasteiger partial charge < -0.3 is 4.57 Å². The van der Waals surface area contributed by atoms with Gasteiger partial charge in [0.15, 0.2) is 0 Å². The Morgan fingerprint density at radius 1 is 1.00 bits per heavy atom. The number of rotatable bonds is 3. The number of aliphatic imine (C=N–C) groups is 1. The van der Waals surface area contributed by atoms with E-state index in [4.69, 9.17) is 0 Å². The molecule has 0 unspecified atom stereocenters. The summed E-state index contributed by atoms with van der Waals surface area (Å²) in [4.78, 5) is 4.52. The lowest BCUT2D eigenvalue weighted by molar-refractivity contribution is 0.627. The lowest BCUT2D eigenvalue weighted by Gasteiger charge is -2.09. The Hall–Kier alpha value is -2.20. The molecule has 0 saturated carbocycles. The van der Waals surface area contributed by atoms with Crippen LogP contribution < -0.4 is 0 Å². The second kappa shape index (κ2) is 6.50. The average Bonchev–Trinajstić information content (AvgIpc) is 2.82. The van der Waals surface area contributed by atoms with E-state index in [0.29, 0.717) is 0 Å². The Morgan fingerprint density at radius 3 is 2.30 bits per heavy atom. The van der Waals surface area contributed by atoms with Gasteiger partial charge >= 0.3 is 0 Å². The van der Waals surface area contributed by atoms with Gasteiger partial charge in [-0.25, -0.2) is 4.39 Å². The lowest BCUT2D eigenvalue weighted by atomic mass is 10.2. The van der Waals surface area contributed by atoms with Crippen LogP contribution in [0, 0.1) is 19.7 Å². The zero-order valence-electron chi connectivity index (χ0n) is 12.9. The van der Waals surface area contributed by atoms with Crippen molar-refractivity contribution in [2.75, 3.05) is 0 Å². The number of nitrogens with zero attached hydrogens (tertiary/aromatic N) is 2. The van der Waals surface area contributed by atoms with Crippen LogP contribution in [0.1, 0.15) is 17.0 Å². The monoisotopic (exact) mass is 370 g/mol. The van der Waals surface area contributed by atoms with Gasteiger partial charge in [-0.15, -0.1) is 0 Å². The predicted octanol–water partition coefficient (Wildman–Crippen LogP) is 5.75. The van der Waals surface area contributed by atoms with Crippen molar-refractivity contribution in [3.05, 3.63) is 81.8 Å². The molecule has 0 atom stereocenters. The van der Waals surface area contributed by atoms with Gasteiger partial charge in [-0.05, 0) is 68.4 Å². The molecule has 2 nitrogen and oxygen atoms in total. The highest BCUT2D eigenvalue weighted by atomic mass is 79.9. The molecule has 116 valence electrons. The molecule has 3 rings (SSSR count). The molecule has 1 aromatic heterocycles. The fourth-order valence-electron chi connectivity index (χ4n) is 2.58. The summed E-state index contributed by atoms with van der Waals surface area (Å²) in [6, 6.07) is 16.5. The Balaban J connectivity index is 1.94. The van der Waals surface area contributed by atoms with E-state index >= 15 is 0 Å². The van der Waals surface area contributed by atoms with Crippen LogP contribution in [0.25, 0.3) is 5.69 Å². The first-order valence-corrected chi connectivity index (χ1v) is 8.08. The van der Waals surface area contributed by atoms with E-state index in [1.54, 1.807) is 12.1 Å². The van der Waals surface area contributed by atoms with Gasteiger partial charge in [-0.2, -0.15) is 0 Å². The summed E-state index contributed by atoms with van der Waals surface area (Å²) in [5.41, 5.74) is 5.07. The van der Waals surface area contributed by atoms with Crippen molar-refractivity contribution in [2.45, 2.75) is 13.8 Å². The largest absolute Gasteiger partial charge is 0.318 e. The first-order chi connectivity index (χ1) is 11.0. The van der Waals surface area contributed by atoms with Crippen LogP contribution in [0.4, 0.5) is 10.1 Å². The predicted molar refractivity (Wildman–Crippen MR) is 96.6 cm³/mol. The van der Waals surface area contributed by atoms with E-state index < -0.39 is 0 Å². The quantitative estimate of drug-likeness (QED) is 0.522. The highest BCUT2D eigenvalue weighted by Crippen LogP contribution is 2.21. The van der Waals surface area contributed by atoms with Crippen molar-refractivity contribution in [2.24, 2.45) is 4.99 Å². The number of hydrogen-bond acceptors (Lipinski definition) is 1. The smallest absolute Gasteiger partial charge is 0.123 e. The molecule has 3 aromatic rings. The van der Waals surface area contributed by atoms with Gasteiger partial charge in [0.25, 0.3) is 0 Å². The molecule has 0 saturated heterocycles. The maximum atomic E-state index is 13.1. The molecule has 0 aliphatic heterocycles. The molecule has 0 aliphatic carbocycles. The Labute approximate surface area is 143 Å². The van der Waals surface area contributed by atoms with E-state index in [1.165, 1.54) is 12.1 Å². The second-order valence-corrected chi connectivity index (χ2v) is 6.29. The van der Waals surface area contributed by atoms with Crippen molar-refractivity contribution in [3.63, 3.8) is 0 Å². The first kappa shape index (κ1) is 15.7. The summed E-state index contributed by atoms with van der Waals surface area (Å²) in [6.45, 7) is 4.08. The molecule has 0 amide bonds. The van der Waals surface area contributed by atoms with Crippen LogP contribution in [0.5, 0.6) is 0 Å². The lowest BCUT2D eigenvalue weighted by Crippen LogP contribution is -1.99. The van der Waals surface area contributed by atoms with Crippen LogP contribution in [0.2, 0.25) is 0 Å². The third-order valence-electron chi connectivity index (χ3n) is 3.73. The third kappa shape index (κ3) is 3.42. The van der Waals surface area contributed by atoms with E-state index in [-0.39, 0.29) is 5.82 Å². The number of aryl methyl sites for hydroxylation is 1. The van der Waals surface area contributed by atoms with Gasteiger partial charge in [-0.3, -0.25) is 4.99 Å². The maximum Gasteiger partial charge on any atom is 0.123 e. The molecule has 1 heterocycles. The Bertz CT molecular complexity index is 846. The topological polar surface area (TPSA) is 17.3 Å². The normalized spacial score (nSPS) is 11.3. The highest BCUT2D eigenvalue weighted by Gasteiger charge is 2.09. The average molecular weight is 371 g/mol. The zero-order valence-corrected chi connectivity index (χ0v) is 14.5. The highest BCUT2D eigenvalue weighted by molar-refractivity contribution is 9.10. The van der Waals surface area contributed by atoms with Crippen molar-refractivity contribution in [3.8, 4) is 5.69 Å². The fourth-order valence-corrected chi connectivity index (χ4v) is 2.84. The van der Waals surface area contributed by atoms with Gasteiger partial charge in [-0.1, -0.05) is 15.9 Å². The zero-order chi connectivity index (χ0) is 16.4. The molecule has 0 aliphatic rings. The Kier molecular flexibility index (Phi) is 4.44. The van der Waals surface area contributed by atoms with Crippen molar-refractivity contribution in [1.82, 2.24) is 4.57 Å². The van der Waals surface area contributed by atoms with Crippen LogP contribution in [0.15, 0.2) is 64.1 Å². The number of hydrogen-bond donors (Lipinski definition) is 0. The summed E-state index contributed by atoms with van der Waals surface area (Å²) in [7, 11) is 0.